The van der Waals surface area contributed by atoms with Crippen molar-refractivity contribution in [2.45, 2.75) is 112 Å². The number of hydroxylamine groups is 2. The first kappa shape index (κ1) is 39.8. The van der Waals surface area contributed by atoms with Crippen LogP contribution in [0.1, 0.15) is 99.1 Å². The first-order chi connectivity index (χ1) is 21.2. The molecule has 0 aromatic heterocycles. The first-order valence-electron chi connectivity index (χ1n) is 15.3. The summed E-state index contributed by atoms with van der Waals surface area (Å²) in [5.41, 5.74) is -4.19. The molecule has 0 aliphatic heterocycles. The molecule has 0 saturated carbocycles. The van der Waals surface area contributed by atoms with E-state index in [9.17, 15) is 31.3 Å². The summed E-state index contributed by atoms with van der Waals surface area (Å²) in [6.07, 6.45) is 0.489. The predicted molar refractivity (Wildman–Crippen MR) is 165 cm³/mol. The second-order valence-electron chi connectivity index (χ2n) is 13.3. The summed E-state index contributed by atoms with van der Waals surface area (Å²) >= 11 is 0. The highest BCUT2D eigenvalue weighted by Gasteiger charge is 2.54. The minimum absolute atomic E-state index is 0.0412. The highest BCUT2D eigenvalue weighted by Crippen LogP contribution is 2.61. The van der Waals surface area contributed by atoms with Gasteiger partial charge in [0, 0.05) is 5.54 Å². The molecule has 7 nitrogen and oxygen atoms in total. The highest BCUT2D eigenvalue weighted by molar-refractivity contribution is 7.54. The normalized spacial score (nSPS) is 15.5. The molecule has 0 spiro atoms. The van der Waals surface area contributed by atoms with Gasteiger partial charge in [-0.3, -0.25) is 9.40 Å². The Morgan fingerprint density at radius 2 is 1.28 bits per heavy atom. The lowest BCUT2D eigenvalue weighted by Gasteiger charge is -2.50. The van der Waals surface area contributed by atoms with Crippen LogP contribution in [0.4, 0.5) is 22.0 Å². The van der Waals surface area contributed by atoms with Crippen LogP contribution in [0, 0.1) is 34.5 Å². The Labute approximate surface area is 269 Å². The number of halogens is 5. The summed E-state index contributed by atoms with van der Waals surface area (Å²) in [4.78, 5) is 20.6. The molecule has 0 heterocycles. The van der Waals surface area contributed by atoms with E-state index in [1.807, 2.05) is 58.0 Å². The molecule has 13 heteroatoms. The Kier molecular flexibility index (Phi) is 13.6. The maximum absolute atomic E-state index is 14.5. The van der Waals surface area contributed by atoms with Crippen LogP contribution in [0.3, 0.4) is 0 Å². The summed E-state index contributed by atoms with van der Waals surface area (Å²) in [6, 6.07) is 9.22. The molecule has 0 bridgehead atoms. The van der Waals surface area contributed by atoms with Crippen LogP contribution in [0.15, 0.2) is 30.3 Å². The number of hydrogen-bond acceptors (Lipinski definition) is 7. The smallest absolute Gasteiger partial charge is 0.350 e. The van der Waals surface area contributed by atoms with Crippen molar-refractivity contribution in [1.29, 1.82) is 0 Å². The van der Waals surface area contributed by atoms with E-state index >= 15 is 0 Å². The van der Waals surface area contributed by atoms with Crippen molar-refractivity contribution in [2.24, 2.45) is 5.41 Å². The zero-order valence-corrected chi connectivity index (χ0v) is 29.2. The van der Waals surface area contributed by atoms with E-state index in [1.54, 1.807) is 34.6 Å². The Hall–Kier alpha value is -2.37. The van der Waals surface area contributed by atoms with E-state index in [0.717, 1.165) is 5.56 Å². The molecule has 0 amide bonds. The van der Waals surface area contributed by atoms with Crippen molar-refractivity contribution in [3.8, 4) is 0 Å². The van der Waals surface area contributed by atoms with Crippen LogP contribution < -0.4 is 0 Å². The van der Waals surface area contributed by atoms with Crippen molar-refractivity contribution in [3.05, 3.63) is 70.5 Å². The average molecular weight is 680 g/mol. The lowest BCUT2D eigenvalue weighted by Crippen LogP contribution is -2.58. The van der Waals surface area contributed by atoms with Gasteiger partial charge in [-0.15, -0.1) is 0 Å². The van der Waals surface area contributed by atoms with Gasteiger partial charge in [0.05, 0.1) is 18.8 Å². The summed E-state index contributed by atoms with van der Waals surface area (Å²) in [5.74, 6) is -13.4. The van der Waals surface area contributed by atoms with Gasteiger partial charge in [0.25, 0.3) is 0 Å². The van der Waals surface area contributed by atoms with Crippen molar-refractivity contribution in [1.82, 2.24) is 5.06 Å². The third-order valence-electron chi connectivity index (χ3n) is 7.36. The molecule has 0 aliphatic rings. The van der Waals surface area contributed by atoms with Gasteiger partial charge < -0.3 is 13.8 Å². The average Bonchev–Trinajstić information content (AvgIpc) is 2.96. The molecule has 260 valence electrons. The Morgan fingerprint density at radius 1 is 0.804 bits per heavy atom. The summed E-state index contributed by atoms with van der Waals surface area (Å²) in [5, 5.41) is 1.39. The van der Waals surface area contributed by atoms with Gasteiger partial charge in [-0.05, 0) is 71.3 Å². The zero-order valence-electron chi connectivity index (χ0n) is 28.3. The number of benzene rings is 2. The molecular weight excluding hydrogens is 632 g/mol. The van der Waals surface area contributed by atoms with Gasteiger partial charge in [-0.2, -0.15) is 5.06 Å². The Balaban J connectivity index is 2.73. The first-order valence-corrected chi connectivity index (χ1v) is 16.9. The Bertz CT molecular complexity index is 1340. The van der Waals surface area contributed by atoms with Gasteiger partial charge in [-0.25, -0.2) is 26.7 Å². The van der Waals surface area contributed by atoms with Gasteiger partial charge in [0.1, 0.15) is 12.4 Å². The van der Waals surface area contributed by atoms with Gasteiger partial charge in [-0.1, -0.05) is 58.0 Å². The van der Waals surface area contributed by atoms with Crippen LogP contribution in [-0.4, -0.2) is 41.2 Å². The quantitative estimate of drug-likeness (QED) is 0.0464. The fraction of sp³-hybridized carbons (Fsp3) is 0.606. The Morgan fingerprint density at radius 3 is 1.70 bits per heavy atom. The van der Waals surface area contributed by atoms with Gasteiger partial charge in [0.15, 0.2) is 28.9 Å². The fourth-order valence-electron chi connectivity index (χ4n) is 5.18. The van der Waals surface area contributed by atoms with Crippen LogP contribution in [0.5, 0.6) is 0 Å². The van der Waals surface area contributed by atoms with E-state index in [2.05, 4.69) is 0 Å². The second-order valence-corrected chi connectivity index (χ2v) is 15.4. The van der Waals surface area contributed by atoms with Crippen molar-refractivity contribution < 1.29 is 49.9 Å². The zero-order chi connectivity index (χ0) is 35.3. The number of carbonyl (C=O) groups excluding carboxylic acids is 1. The SMILES string of the molecule is CCOP(=O)(OCC)C(N(OC(C)(CC(CC)c1ccccc1)C(=O)OCc1c(F)c(F)c(F)c(F)c1F)C(C)(C)C)C(C)(C)C. The third-order valence-corrected chi connectivity index (χ3v) is 10.2. The number of carbonyl (C=O) groups is 1. The molecule has 0 aliphatic carbocycles. The number of ether oxygens (including phenoxy) is 1. The molecule has 0 fully saturated rings. The van der Waals surface area contributed by atoms with E-state index in [-0.39, 0.29) is 25.6 Å². The van der Waals surface area contributed by atoms with Crippen LogP contribution in [0.25, 0.3) is 0 Å². The summed E-state index contributed by atoms with van der Waals surface area (Å²) < 4.78 is 102. The molecule has 0 radical (unpaired) electrons. The fourth-order valence-corrected chi connectivity index (χ4v) is 7.86. The topological polar surface area (TPSA) is 74.3 Å². The number of rotatable bonds is 15. The minimum Gasteiger partial charge on any atom is -0.458 e. The van der Waals surface area contributed by atoms with Crippen molar-refractivity contribution in [3.63, 3.8) is 0 Å². The molecule has 0 N–H and O–H groups in total. The van der Waals surface area contributed by atoms with Crippen LogP contribution in [-0.2, 0) is 34.6 Å². The highest BCUT2D eigenvalue weighted by atomic mass is 31.2. The summed E-state index contributed by atoms with van der Waals surface area (Å²) in [6.45, 7) is 16.2. The molecule has 3 atom stereocenters. The second kappa shape index (κ2) is 15.7. The summed E-state index contributed by atoms with van der Waals surface area (Å²) in [7, 11) is -3.98. The third kappa shape index (κ3) is 9.16. The van der Waals surface area contributed by atoms with E-state index in [0.29, 0.717) is 6.42 Å². The number of esters is 1. The number of hydrogen-bond donors (Lipinski definition) is 0. The molecule has 46 heavy (non-hydrogen) atoms. The van der Waals surface area contributed by atoms with Gasteiger partial charge in [0.2, 0.25) is 5.82 Å². The van der Waals surface area contributed by atoms with E-state index < -0.39 is 77.2 Å². The standard InChI is InChI=1S/C33H47F5NO6P/c1-11-21(22-17-15-14-16-18-22)19-33(10,30(40)42-20-23-24(34)26(36)28(38)27(37)25(23)35)45-39(32(7,8)9)29(31(4,5)6)46(41,43-12-2)44-13-3/h14-18,21,29H,11-13,19-20H2,1-10H3. The molecule has 2 aromatic carbocycles. The number of nitrogens with zero attached hydrogens (tertiary/aromatic N) is 1. The molecular formula is C33H47F5NO6P. The van der Waals surface area contributed by atoms with Gasteiger partial charge >= 0.3 is 13.6 Å². The van der Waals surface area contributed by atoms with E-state index in [4.69, 9.17) is 18.6 Å². The molecule has 2 aromatic rings. The molecule has 0 saturated heterocycles. The monoisotopic (exact) mass is 679 g/mol. The minimum atomic E-state index is -3.98. The largest absolute Gasteiger partial charge is 0.458 e. The van der Waals surface area contributed by atoms with Crippen molar-refractivity contribution in [2.75, 3.05) is 13.2 Å². The maximum atomic E-state index is 14.5. The van der Waals surface area contributed by atoms with Crippen LogP contribution in [0.2, 0.25) is 0 Å². The lowest BCUT2D eigenvalue weighted by atomic mass is 9.85. The molecule has 3 unspecified atom stereocenters. The maximum Gasteiger partial charge on any atom is 0.350 e. The van der Waals surface area contributed by atoms with Crippen LogP contribution >= 0.6 is 7.60 Å². The van der Waals surface area contributed by atoms with E-state index in [1.165, 1.54) is 12.0 Å². The molecule has 2 rings (SSSR count). The predicted octanol–water partition coefficient (Wildman–Crippen LogP) is 9.44. The lowest BCUT2D eigenvalue weighted by molar-refractivity contribution is -0.299. The van der Waals surface area contributed by atoms with Crippen molar-refractivity contribution >= 4 is 13.6 Å².